The Bertz CT molecular complexity index is 762. The van der Waals surface area contributed by atoms with Crippen LogP contribution in [0.3, 0.4) is 0 Å². The van der Waals surface area contributed by atoms with Gasteiger partial charge in [-0.25, -0.2) is 4.98 Å². The van der Waals surface area contributed by atoms with E-state index < -0.39 is 5.60 Å². The standard InChI is InChI=1S/C17H18ClN3O3/c1-17(2)16(22)21(15-13(24-17)7-8-14(19)20-15)9-10-23-12-5-3-11(18)4-6-12/h3-8H,9-10H2,1-2H3,(H2,19,20). The van der Waals surface area contributed by atoms with E-state index in [0.717, 1.165) is 0 Å². The number of nitrogen functional groups attached to an aromatic ring is 1. The van der Waals surface area contributed by atoms with E-state index >= 15 is 0 Å². The number of fused-ring (bicyclic) bond motifs is 1. The van der Waals surface area contributed by atoms with Gasteiger partial charge in [0, 0.05) is 5.02 Å². The van der Waals surface area contributed by atoms with E-state index in [0.29, 0.717) is 41.3 Å². The Balaban J connectivity index is 1.77. The van der Waals surface area contributed by atoms with E-state index in [9.17, 15) is 4.79 Å². The van der Waals surface area contributed by atoms with Crippen LogP contribution < -0.4 is 20.1 Å². The number of aromatic nitrogens is 1. The molecule has 1 aromatic heterocycles. The van der Waals surface area contributed by atoms with Crippen LogP contribution in [-0.2, 0) is 4.79 Å². The molecule has 1 amide bonds. The van der Waals surface area contributed by atoms with Crippen LogP contribution in [0.15, 0.2) is 36.4 Å². The van der Waals surface area contributed by atoms with Crippen LogP contribution >= 0.6 is 11.6 Å². The molecule has 6 nitrogen and oxygen atoms in total. The van der Waals surface area contributed by atoms with Crippen molar-refractivity contribution in [3.63, 3.8) is 0 Å². The average Bonchev–Trinajstić information content (AvgIpc) is 2.53. The summed E-state index contributed by atoms with van der Waals surface area (Å²) in [5.41, 5.74) is 4.78. The molecule has 0 radical (unpaired) electrons. The number of hydrogen-bond donors (Lipinski definition) is 1. The van der Waals surface area contributed by atoms with Crippen LogP contribution in [-0.4, -0.2) is 29.6 Å². The lowest BCUT2D eigenvalue weighted by Gasteiger charge is -2.37. The molecule has 0 fully saturated rings. The van der Waals surface area contributed by atoms with E-state index in [1.54, 1.807) is 55.1 Å². The molecule has 2 aromatic rings. The number of pyridine rings is 1. The number of nitrogens with two attached hydrogens (primary N) is 1. The van der Waals surface area contributed by atoms with Crippen LogP contribution in [0.2, 0.25) is 5.02 Å². The summed E-state index contributed by atoms with van der Waals surface area (Å²) in [6, 6.07) is 10.4. The van der Waals surface area contributed by atoms with Crippen LogP contribution in [0.5, 0.6) is 11.5 Å². The minimum Gasteiger partial charge on any atom is -0.492 e. The van der Waals surface area contributed by atoms with E-state index in [1.807, 2.05) is 0 Å². The van der Waals surface area contributed by atoms with Crippen molar-refractivity contribution in [2.45, 2.75) is 19.4 Å². The van der Waals surface area contributed by atoms with Gasteiger partial charge in [0.15, 0.2) is 17.2 Å². The van der Waals surface area contributed by atoms with Crippen LogP contribution in [0.4, 0.5) is 11.6 Å². The minimum atomic E-state index is -0.967. The van der Waals surface area contributed by atoms with Gasteiger partial charge in [-0.2, -0.15) is 0 Å². The number of hydrogen-bond acceptors (Lipinski definition) is 5. The second-order valence-corrected chi connectivity index (χ2v) is 6.37. The van der Waals surface area contributed by atoms with Crippen molar-refractivity contribution < 1.29 is 14.3 Å². The van der Waals surface area contributed by atoms with Gasteiger partial charge in [0.2, 0.25) is 0 Å². The number of amides is 1. The lowest BCUT2D eigenvalue weighted by Crippen LogP contribution is -2.53. The van der Waals surface area contributed by atoms with Gasteiger partial charge in [-0.1, -0.05) is 11.6 Å². The molecule has 3 rings (SSSR count). The molecule has 2 heterocycles. The van der Waals surface area contributed by atoms with E-state index in [1.165, 1.54) is 0 Å². The molecule has 0 atom stereocenters. The third-order valence-corrected chi connectivity index (χ3v) is 3.89. The molecule has 0 unspecified atom stereocenters. The molecule has 1 aliphatic heterocycles. The number of benzene rings is 1. The van der Waals surface area contributed by atoms with Crippen LogP contribution in [0.1, 0.15) is 13.8 Å². The van der Waals surface area contributed by atoms with Crippen molar-refractivity contribution in [2.75, 3.05) is 23.8 Å². The summed E-state index contributed by atoms with van der Waals surface area (Å²) in [6.45, 7) is 4.08. The van der Waals surface area contributed by atoms with E-state index in [-0.39, 0.29) is 5.91 Å². The summed E-state index contributed by atoms with van der Waals surface area (Å²) in [4.78, 5) is 18.4. The molecule has 0 spiro atoms. The number of nitrogens with zero attached hydrogens (tertiary/aromatic N) is 2. The van der Waals surface area contributed by atoms with E-state index in [2.05, 4.69) is 4.98 Å². The number of ether oxygens (including phenoxy) is 2. The Labute approximate surface area is 145 Å². The van der Waals surface area contributed by atoms with Gasteiger partial charge in [-0.05, 0) is 50.2 Å². The molecule has 0 bridgehead atoms. The molecule has 1 aromatic carbocycles. The van der Waals surface area contributed by atoms with Gasteiger partial charge in [0.1, 0.15) is 18.2 Å². The van der Waals surface area contributed by atoms with Crippen molar-refractivity contribution in [1.82, 2.24) is 4.98 Å². The quantitative estimate of drug-likeness (QED) is 0.920. The number of halogens is 1. The van der Waals surface area contributed by atoms with Gasteiger partial charge in [0.25, 0.3) is 5.91 Å². The predicted octanol–water partition coefficient (Wildman–Crippen LogP) is 2.90. The molecule has 2 N–H and O–H groups in total. The lowest BCUT2D eigenvalue weighted by atomic mass is 10.1. The van der Waals surface area contributed by atoms with Crippen molar-refractivity contribution in [3.05, 3.63) is 41.4 Å². The molecular weight excluding hydrogens is 330 g/mol. The summed E-state index contributed by atoms with van der Waals surface area (Å²) >= 11 is 5.85. The van der Waals surface area contributed by atoms with Gasteiger partial charge in [-0.15, -0.1) is 0 Å². The summed E-state index contributed by atoms with van der Waals surface area (Å²) in [7, 11) is 0. The fourth-order valence-corrected chi connectivity index (χ4v) is 2.58. The molecule has 0 saturated heterocycles. The molecule has 0 aliphatic carbocycles. The molecular formula is C17H18ClN3O3. The first-order valence-electron chi connectivity index (χ1n) is 7.53. The molecule has 24 heavy (non-hydrogen) atoms. The first-order chi connectivity index (χ1) is 11.4. The van der Waals surface area contributed by atoms with Crippen molar-refractivity contribution in [3.8, 4) is 11.5 Å². The Morgan fingerprint density at radius 3 is 2.67 bits per heavy atom. The molecule has 126 valence electrons. The SMILES string of the molecule is CC1(C)Oc2ccc(N)nc2N(CCOc2ccc(Cl)cc2)C1=O. The highest BCUT2D eigenvalue weighted by molar-refractivity contribution is 6.30. The zero-order valence-electron chi connectivity index (χ0n) is 13.5. The van der Waals surface area contributed by atoms with Crippen LogP contribution in [0.25, 0.3) is 0 Å². The fraction of sp³-hybridized carbons (Fsp3) is 0.294. The Morgan fingerprint density at radius 2 is 1.96 bits per heavy atom. The number of carbonyl (C=O) groups excluding carboxylic acids is 1. The minimum absolute atomic E-state index is 0.187. The lowest BCUT2D eigenvalue weighted by molar-refractivity contribution is -0.132. The third-order valence-electron chi connectivity index (χ3n) is 3.64. The molecule has 7 heteroatoms. The maximum absolute atomic E-state index is 12.7. The van der Waals surface area contributed by atoms with E-state index in [4.69, 9.17) is 26.8 Å². The van der Waals surface area contributed by atoms with Crippen molar-refractivity contribution in [1.29, 1.82) is 0 Å². The van der Waals surface area contributed by atoms with Gasteiger partial charge in [-0.3, -0.25) is 9.69 Å². The third kappa shape index (κ3) is 3.23. The summed E-state index contributed by atoms with van der Waals surface area (Å²) in [6.07, 6.45) is 0. The summed E-state index contributed by atoms with van der Waals surface area (Å²) in [5, 5.41) is 0.640. The maximum Gasteiger partial charge on any atom is 0.271 e. The first kappa shape index (κ1) is 16.4. The van der Waals surface area contributed by atoms with Crippen LogP contribution in [0, 0.1) is 0 Å². The molecule has 1 aliphatic rings. The summed E-state index contributed by atoms with van der Waals surface area (Å²) in [5.74, 6) is 1.76. The monoisotopic (exact) mass is 347 g/mol. The summed E-state index contributed by atoms with van der Waals surface area (Å²) < 4.78 is 11.4. The highest BCUT2D eigenvalue weighted by Gasteiger charge is 2.41. The van der Waals surface area contributed by atoms with Crippen molar-refractivity contribution in [2.24, 2.45) is 0 Å². The predicted molar refractivity (Wildman–Crippen MR) is 92.7 cm³/mol. The number of anilines is 2. The topological polar surface area (TPSA) is 77.7 Å². The van der Waals surface area contributed by atoms with Gasteiger partial charge >= 0.3 is 0 Å². The smallest absolute Gasteiger partial charge is 0.271 e. The van der Waals surface area contributed by atoms with Gasteiger partial charge < -0.3 is 15.2 Å². The first-order valence-corrected chi connectivity index (χ1v) is 7.90. The second kappa shape index (κ2) is 6.20. The number of carbonyl (C=O) groups is 1. The normalized spacial score (nSPS) is 15.6. The number of rotatable bonds is 4. The zero-order chi connectivity index (χ0) is 17.3. The Kier molecular flexibility index (Phi) is 4.24. The highest BCUT2D eigenvalue weighted by Crippen LogP contribution is 2.36. The second-order valence-electron chi connectivity index (χ2n) is 5.93. The highest BCUT2D eigenvalue weighted by atomic mass is 35.5. The molecule has 0 saturated carbocycles. The maximum atomic E-state index is 12.7. The zero-order valence-corrected chi connectivity index (χ0v) is 14.2. The average molecular weight is 348 g/mol. The largest absolute Gasteiger partial charge is 0.492 e. The fourth-order valence-electron chi connectivity index (χ4n) is 2.46. The van der Waals surface area contributed by atoms with Gasteiger partial charge in [0.05, 0.1) is 6.54 Å². The Hall–Kier alpha value is -2.47. The van der Waals surface area contributed by atoms with Crippen molar-refractivity contribution >= 4 is 29.1 Å². The Morgan fingerprint density at radius 1 is 1.25 bits per heavy atom.